The summed E-state index contributed by atoms with van der Waals surface area (Å²) in [5.74, 6) is 0. The standard InChI is InChI=1S/C11H17N/c1-4-9-6-5-7-10(8-9)11(2,3)12/h5-8H,4,12H2,1-3H3. The summed E-state index contributed by atoms with van der Waals surface area (Å²) in [6, 6.07) is 8.47. The van der Waals surface area contributed by atoms with Crippen molar-refractivity contribution in [2.24, 2.45) is 5.73 Å². The average molecular weight is 163 g/mol. The molecular formula is C11H17N. The van der Waals surface area contributed by atoms with Crippen molar-refractivity contribution >= 4 is 0 Å². The molecule has 0 fully saturated rings. The number of aryl methyl sites for hydroxylation is 1. The van der Waals surface area contributed by atoms with Crippen molar-refractivity contribution in [2.75, 3.05) is 0 Å². The Morgan fingerprint density at radius 2 is 2.00 bits per heavy atom. The maximum atomic E-state index is 5.98. The first-order valence-corrected chi connectivity index (χ1v) is 4.42. The molecule has 0 saturated heterocycles. The van der Waals surface area contributed by atoms with E-state index in [-0.39, 0.29) is 5.54 Å². The molecule has 0 amide bonds. The quantitative estimate of drug-likeness (QED) is 0.712. The van der Waals surface area contributed by atoms with Gasteiger partial charge in [0.1, 0.15) is 0 Å². The van der Waals surface area contributed by atoms with Crippen LogP contribution < -0.4 is 5.73 Å². The molecule has 0 aliphatic heterocycles. The zero-order valence-corrected chi connectivity index (χ0v) is 8.09. The van der Waals surface area contributed by atoms with Crippen LogP contribution >= 0.6 is 0 Å². The Morgan fingerprint density at radius 3 is 2.50 bits per heavy atom. The zero-order valence-electron chi connectivity index (χ0n) is 8.09. The molecule has 0 aliphatic carbocycles. The topological polar surface area (TPSA) is 26.0 Å². The van der Waals surface area contributed by atoms with Crippen molar-refractivity contribution in [2.45, 2.75) is 32.7 Å². The van der Waals surface area contributed by atoms with E-state index in [9.17, 15) is 0 Å². The lowest BCUT2D eigenvalue weighted by molar-refractivity contribution is 0.554. The Kier molecular flexibility index (Phi) is 2.53. The molecule has 0 aromatic heterocycles. The monoisotopic (exact) mass is 163 g/mol. The van der Waals surface area contributed by atoms with Crippen LogP contribution in [-0.2, 0) is 12.0 Å². The first-order chi connectivity index (χ1) is 5.54. The summed E-state index contributed by atoms with van der Waals surface area (Å²) < 4.78 is 0. The molecule has 0 aliphatic rings. The maximum absolute atomic E-state index is 5.98. The molecule has 1 aromatic carbocycles. The van der Waals surface area contributed by atoms with Crippen LogP contribution in [0.1, 0.15) is 31.9 Å². The van der Waals surface area contributed by atoms with Gasteiger partial charge in [-0.05, 0) is 31.4 Å². The lowest BCUT2D eigenvalue weighted by Crippen LogP contribution is -2.28. The smallest absolute Gasteiger partial charge is 0.0352 e. The van der Waals surface area contributed by atoms with E-state index in [4.69, 9.17) is 5.73 Å². The second-order valence-corrected chi connectivity index (χ2v) is 3.78. The van der Waals surface area contributed by atoms with Crippen LogP contribution in [0.25, 0.3) is 0 Å². The fourth-order valence-electron chi connectivity index (χ4n) is 1.19. The van der Waals surface area contributed by atoms with Crippen molar-refractivity contribution in [3.05, 3.63) is 35.4 Å². The molecule has 2 N–H and O–H groups in total. The van der Waals surface area contributed by atoms with E-state index in [0.717, 1.165) is 6.42 Å². The number of rotatable bonds is 2. The fraction of sp³-hybridized carbons (Fsp3) is 0.455. The van der Waals surface area contributed by atoms with Gasteiger partial charge < -0.3 is 5.73 Å². The number of hydrogen-bond donors (Lipinski definition) is 1. The van der Waals surface area contributed by atoms with E-state index in [2.05, 4.69) is 31.2 Å². The van der Waals surface area contributed by atoms with Gasteiger partial charge in [-0.15, -0.1) is 0 Å². The molecule has 0 heterocycles. The SMILES string of the molecule is CCc1cccc(C(C)(C)N)c1. The van der Waals surface area contributed by atoms with Crippen molar-refractivity contribution in [1.82, 2.24) is 0 Å². The molecular weight excluding hydrogens is 146 g/mol. The molecule has 12 heavy (non-hydrogen) atoms. The first kappa shape index (κ1) is 9.27. The predicted molar refractivity (Wildman–Crippen MR) is 53.0 cm³/mol. The Balaban J connectivity index is 3.02. The first-order valence-electron chi connectivity index (χ1n) is 4.42. The number of nitrogens with two attached hydrogens (primary N) is 1. The van der Waals surface area contributed by atoms with Gasteiger partial charge in [0.15, 0.2) is 0 Å². The summed E-state index contributed by atoms with van der Waals surface area (Å²) in [5, 5.41) is 0. The highest BCUT2D eigenvalue weighted by atomic mass is 14.7. The van der Waals surface area contributed by atoms with Gasteiger partial charge in [0, 0.05) is 5.54 Å². The van der Waals surface area contributed by atoms with Crippen LogP contribution in [0.5, 0.6) is 0 Å². The molecule has 0 atom stereocenters. The van der Waals surface area contributed by atoms with E-state index in [1.54, 1.807) is 0 Å². The van der Waals surface area contributed by atoms with Crippen molar-refractivity contribution < 1.29 is 0 Å². The van der Waals surface area contributed by atoms with Crippen LogP contribution in [0.2, 0.25) is 0 Å². The van der Waals surface area contributed by atoms with Gasteiger partial charge in [-0.25, -0.2) is 0 Å². The van der Waals surface area contributed by atoms with Crippen molar-refractivity contribution in [1.29, 1.82) is 0 Å². The van der Waals surface area contributed by atoms with Crippen LogP contribution in [0, 0.1) is 0 Å². The minimum Gasteiger partial charge on any atom is -0.322 e. The molecule has 0 saturated carbocycles. The second kappa shape index (κ2) is 3.28. The van der Waals surface area contributed by atoms with Gasteiger partial charge in [-0.2, -0.15) is 0 Å². The third-order valence-corrected chi connectivity index (χ3v) is 2.08. The third kappa shape index (κ3) is 2.08. The van der Waals surface area contributed by atoms with Gasteiger partial charge in [0.05, 0.1) is 0 Å². The fourth-order valence-corrected chi connectivity index (χ4v) is 1.19. The number of benzene rings is 1. The average Bonchev–Trinajstić information content (AvgIpc) is 2.03. The Labute approximate surface area is 74.6 Å². The third-order valence-electron chi connectivity index (χ3n) is 2.08. The van der Waals surface area contributed by atoms with Crippen LogP contribution in [0.3, 0.4) is 0 Å². The number of hydrogen-bond acceptors (Lipinski definition) is 1. The maximum Gasteiger partial charge on any atom is 0.0352 e. The summed E-state index contributed by atoms with van der Waals surface area (Å²) in [6.45, 7) is 6.21. The molecule has 0 radical (unpaired) electrons. The van der Waals surface area contributed by atoms with Crippen LogP contribution in [-0.4, -0.2) is 0 Å². The second-order valence-electron chi connectivity index (χ2n) is 3.78. The predicted octanol–water partition coefficient (Wildman–Crippen LogP) is 2.44. The van der Waals surface area contributed by atoms with Gasteiger partial charge in [0.25, 0.3) is 0 Å². The molecule has 0 unspecified atom stereocenters. The van der Waals surface area contributed by atoms with Gasteiger partial charge in [-0.3, -0.25) is 0 Å². The van der Waals surface area contributed by atoms with Crippen LogP contribution in [0.4, 0.5) is 0 Å². The van der Waals surface area contributed by atoms with E-state index in [1.165, 1.54) is 11.1 Å². The lowest BCUT2D eigenvalue weighted by atomic mass is 9.94. The Morgan fingerprint density at radius 1 is 1.33 bits per heavy atom. The van der Waals surface area contributed by atoms with Gasteiger partial charge in [-0.1, -0.05) is 31.2 Å². The molecule has 66 valence electrons. The normalized spacial score (nSPS) is 11.7. The zero-order chi connectivity index (χ0) is 9.19. The lowest BCUT2D eigenvalue weighted by Gasteiger charge is -2.19. The Hall–Kier alpha value is -0.820. The summed E-state index contributed by atoms with van der Waals surface area (Å²) in [4.78, 5) is 0. The Bertz CT molecular complexity index is 258. The minimum absolute atomic E-state index is 0.217. The minimum atomic E-state index is -0.217. The van der Waals surface area contributed by atoms with Gasteiger partial charge in [0.2, 0.25) is 0 Å². The molecule has 1 rings (SSSR count). The molecule has 1 aromatic rings. The van der Waals surface area contributed by atoms with E-state index < -0.39 is 0 Å². The van der Waals surface area contributed by atoms with Crippen molar-refractivity contribution in [3.8, 4) is 0 Å². The van der Waals surface area contributed by atoms with E-state index in [0.29, 0.717) is 0 Å². The van der Waals surface area contributed by atoms with E-state index in [1.807, 2.05) is 13.8 Å². The largest absolute Gasteiger partial charge is 0.322 e. The highest BCUT2D eigenvalue weighted by Crippen LogP contribution is 2.17. The van der Waals surface area contributed by atoms with Gasteiger partial charge >= 0.3 is 0 Å². The summed E-state index contributed by atoms with van der Waals surface area (Å²) in [5.41, 5.74) is 8.33. The highest BCUT2D eigenvalue weighted by Gasteiger charge is 2.13. The molecule has 0 bridgehead atoms. The van der Waals surface area contributed by atoms with E-state index >= 15 is 0 Å². The molecule has 0 spiro atoms. The summed E-state index contributed by atoms with van der Waals surface area (Å²) in [6.07, 6.45) is 1.07. The van der Waals surface area contributed by atoms with Crippen molar-refractivity contribution in [3.63, 3.8) is 0 Å². The molecule has 1 heteroatoms. The summed E-state index contributed by atoms with van der Waals surface area (Å²) in [7, 11) is 0. The van der Waals surface area contributed by atoms with Crippen LogP contribution in [0.15, 0.2) is 24.3 Å². The highest BCUT2D eigenvalue weighted by molar-refractivity contribution is 5.28. The molecule has 1 nitrogen and oxygen atoms in total. The summed E-state index contributed by atoms with van der Waals surface area (Å²) >= 11 is 0.